The molecule has 3 rings (SSSR count). The number of benzene rings is 1. The molecule has 1 unspecified atom stereocenters. The molecule has 2 aliphatic rings. The maximum atomic E-state index is 12.0. The van der Waals surface area contributed by atoms with E-state index in [2.05, 4.69) is 0 Å². The molecular weight excluding hydrogens is 255 g/mol. The van der Waals surface area contributed by atoms with Gasteiger partial charge < -0.3 is 14.2 Å². The van der Waals surface area contributed by atoms with E-state index in [0.29, 0.717) is 6.61 Å². The number of ether oxygens (including phenoxy) is 3. The van der Waals surface area contributed by atoms with Crippen LogP contribution in [0.2, 0.25) is 0 Å². The molecule has 1 aromatic rings. The quantitative estimate of drug-likeness (QED) is 0.614. The van der Waals surface area contributed by atoms with E-state index in [9.17, 15) is 4.79 Å². The van der Waals surface area contributed by atoms with Crippen LogP contribution in [0.5, 0.6) is 0 Å². The first kappa shape index (κ1) is 13.6. The van der Waals surface area contributed by atoms with E-state index in [1.54, 1.807) is 0 Å². The lowest BCUT2D eigenvalue weighted by Gasteiger charge is -2.29. The molecule has 2 bridgehead atoms. The molecule has 4 atom stereocenters. The third-order valence-corrected chi connectivity index (χ3v) is 4.22. The minimum atomic E-state index is -0.613. The number of rotatable bonds is 4. The second-order valence-electron chi connectivity index (χ2n) is 5.53. The third kappa shape index (κ3) is 2.36. The Hall–Kier alpha value is -1.33. The largest absolute Gasteiger partial charge is 0.461 e. The van der Waals surface area contributed by atoms with Crippen molar-refractivity contribution in [1.29, 1.82) is 0 Å². The van der Waals surface area contributed by atoms with E-state index in [1.807, 2.05) is 37.3 Å². The Bertz CT molecular complexity index is 492. The molecule has 2 fully saturated rings. The SMILES string of the molecule is [B][C@@H]1O[C@]2(CC(=O)OCc3ccccc3)COC1[C@@H]2C. The standard InChI is InChI=1S/C15H17BO4/c1-10-13-14(16)20-15(10,9-19-13)7-12(17)18-8-11-5-3-2-4-6-11/h2-6,10,13-14H,7-9H2,1H3/t10-,13?,14+,15+/m0/s1. The van der Waals surface area contributed by atoms with Crippen LogP contribution >= 0.6 is 0 Å². The fourth-order valence-corrected chi connectivity index (χ4v) is 2.96. The highest BCUT2D eigenvalue weighted by molar-refractivity contribution is 6.11. The highest BCUT2D eigenvalue weighted by Crippen LogP contribution is 2.45. The molecule has 2 saturated heterocycles. The van der Waals surface area contributed by atoms with Gasteiger partial charge in [0.25, 0.3) is 0 Å². The molecule has 0 aliphatic carbocycles. The van der Waals surface area contributed by atoms with Gasteiger partial charge >= 0.3 is 5.97 Å². The summed E-state index contributed by atoms with van der Waals surface area (Å²) in [5.41, 5.74) is 0.355. The zero-order valence-electron chi connectivity index (χ0n) is 11.5. The third-order valence-electron chi connectivity index (χ3n) is 4.22. The van der Waals surface area contributed by atoms with Crippen LogP contribution in [-0.4, -0.2) is 38.1 Å². The Morgan fingerprint density at radius 2 is 2.20 bits per heavy atom. The molecule has 2 heterocycles. The van der Waals surface area contributed by atoms with Crippen LogP contribution in [0.15, 0.2) is 30.3 Å². The Balaban J connectivity index is 1.57. The Labute approximate surface area is 119 Å². The van der Waals surface area contributed by atoms with Gasteiger partial charge in [-0.15, -0.1) is 0 Å². The maximum absolute atomic E-state index is 12.0. The zero-order chi connectivity index (χ0) is 14.2. The Morgan fingerprint density at radius 1 is 1.45 bits per heavy atom. The molecule has 0 aromatic heterocycles. The molecule has 20 heavy (non-hydrogen) atoms. The summed E-state index contributed by atoms with van der Waals surface area (Å²) in [6.07, 6.45) is 0.0718. The van der Waals surface area contributed by atoms with E-state index < -0.39 is 11.6 Å². The Kier molecular flexibility index (Phi) is 3.56. The molecule has 2 radical (unpaired) electrons. The van der Waals surface area contributed by atoms with E-state index in [1.165, 1.54) is 0 Å². The molecule has 0 spiro atoms. The number of hydrogen-bond acceptors (Lipinski definition) is 4. The average molecular weight is 272 g/mol. The summed E-state index contributed by atoms with van der Waals surface area (Å²) in [5.74, 6) is -0.166. The van der Waals surface area contributed by atoms with E-state index in [4.69, 9.17) is 22.1 Å². The van der Waals surface area contributed by atoms with Crippen molar-refractivity contribution < 1.29 is 19.0 Å². The van der Waals surface area contributed by atoms with Gasteiger partial charge in [-0.05, 0) is 5.56 Å². The van der Waals surface area contributed by atoms with Gasteiger partial charge in [0.05, 0.1) is 19.1 Å². The van der Waals surface area contributed by atoms with Gasteiger partial charge in [0, 0.05) is 11.9 Å². The minimum absolute atomic E-state index is 0.113. The van der Waals surface area contributed by atoms with Crippen molar-refractivity contribution in [3.8, 4) is 0 Å². The average Bonchev–Trinajstić information content (AvgIpc) is 2.86. The zero-order valence-corrected chi connectivity index (χ0v) is 11.5. The van der Waals surface area contributed by atoms with Crippen LogP contribution in [0.4, 0.5) is 0 Å². The van der Waals surface area contributed by atoms with Crippen LogP contribution in [0, 0.1) is 5.92 Å². The lowest BCUT2D eigenvalue weighted by Crippen LogP contribution is -2.40. The summed E-state index contributed by atoms with van der Waals surface area (Å²) in [6, 6.07) is 9.16. The monoisotopic (exact) mass is 272 g/mol. The van der Waals surface area contributed by atoms with Crippen LogP contribution < -0.4 is 0 Å². The van der Waals surface area contributed by atoms with Gasteiger partial charge in [-0.25, -0.2) is 0 Å². The smallest absolute Gasteiger partial charge is 0.309 e. The van der Waals surface area contributed by atoms with Gasteiger partial charge in [-0.3, -0.25) is 4.79 Å². The second kappa shape index (κ2) is 5.22. The summed E-state index contributed by atoms with van der Waals surface area (Å²) in [7, 11) is 5.84. The van der Waals surface area contributed by atoms with Crippen molar-refractivity contribution in [2.75, 3.05) is 6.61 Å². The normalized spacial score (nSPS) is 35.1. The van der Waals surface area contributed by atoms with Crippen molar-refractivity contribution in [2.45, 2.75) is 37.7 Å². The van der Waals surface area contributed by atoms with Gasteiger partial charge in [-0.1, -0.05) is 37.3 Å². The van der Waals surface area contributed by atoms with Gasteiger partial charge in [0.15, 0.2) is 0 Å². The molecule has 0 amide bonds. The van der Waals surface area contributed by atoms with Crippen LogP contribution in [-0.2, 0) is 25.6 Å². The first-order valence-electron chi connectivity index (χ1n) is 6.85. The molecule has 5 heteroatoms. The first-order chi connectivity index (χ1) is 9.61. The number of carbonyl (C=O) groups excluding carboxylic acids is 1. The number of esters is 1. The second-order valence-corrected chi connectivity index (χ2v) is 5.53. The van der Waals surface area contributed by atoms with E-state index in [-0.39, 0.29) is 31.0 Å². The number of hydrogen-bond donors (Lipinski definition) is 0. The molecule has 104 valence electrons. The number of carbonyl (C=O) groups is 1. The molecule has 0 saturated carbocycles. The van der Waals surface area contributed by atoms with Crippen molar-refractivity contribution in [2.24, 2.45) is 5.92 Å². The summed E-state index contributed by atoms with van der Waals surface area (Å²) in [6.45, 7) is 2.70. The molecular formula is C15H17BO4. The van der Waals surface area contributed by atoms with Gasteiger partial charge in [0.1, 0.15) is 20.1 Å². The fourth-order valence-electron chi connectivity index (χ4n) is 2.96. The molecule has 1 aromatic carbocycles. The fraction of sp³-hybridized carbons (Fsp3) is 0.533. The summed E-state index contributed by atoms with van der Waals surface area (Å²) < 4.78 is 16.6. The Morgan fingerprint density at radius 3 is 2.80 bits per heavy atom. The van der Waals surface area contributed by atoms with E-state index >= 15 is 0 Å². The summed E-state index contributed by atoms with van der Waals surface area (Å²) in [5, 5.41) is 0. The maximum Gasteiger partial charge on any atom is 0.309 e. The molecule has 2 aliphatic heterocycles. The highest BCUT2D eigenvalue weighted by Gasteiger charge is 2.58. The van der Waals surface area contributed by atoms with Crippen molar-refractivity contribution in [1.82, 2.24) is 0 Å². The predicted molar refractivity (Wildman–Crippen MR) is 73.1 cm³/mol. The predicted octanol–water partition coefficient (Wildman–Crippen LogP) is 1.42. The first-order valence-corrected chi connectivity index (χ1v) is 6.85. The van der Waals surface area contributed by atoms with Gasteiger partial charge in [-0.2, -0.15) is 0 Å². The topological polar surface area (TPSA) is 44.8 Å². The highest BCUT2D eigenvalue weighted by atomic mass is 16.6. The van der Waals surface area contributed by atoms with Crippen LogP contribution in [0.3, 0.4) is 0 Å². The van der Waals surface area contributed by atoms with Gasteiger partial charge in [0.2, 0.25) is 0 Å². The van der Waals surface area contributed by atoms with Crippen LogP contribution in [0.25, 0.3) is 0 Å². The van der Waals surface area contributed by atoms with Crippen molar-refractivity contribution in [3.63, 3.8) is 0 Å². The molecule has 0 N–H and O–H groups in total. The van der Waals surface area contributed by atoms with Crippen LogP contribution in [0.1, 0.15) is 18.9 Å². The number of fused-ring (bicyclic) bond motifs is 2. The molecule has 4 nitrogen and oxygen atoms in total. The minimum Gasteiger partial charge on any atom is -0.461 e. The van der Waals surface area contributed by atoms with E-state index in [0.717, 1.165) is 5.56 Å². The summed E-state index contributed by atoms with van der Waals surface area (Å²) >= 11 is 0. The lowest BCUT2D eigenvalue weighted by atomic mass is 9.84. The lowest BCUT2D eigenvalue weighted by molar-refractivity contribution is -0.160. The van der Waals surface area contributed by atoms with Crippen molar-refractivity contribution in [3.05, 3.63) is 35.9 Å². The van der Waals surface area contributed by atoms with Crippen molar-refractivity contribution >= 4 is 13.8 Å². The summed E-state index contributed by atoms with van der Waals surface area (Å²) in [4.78, 5) is 12.0.